The Morgan fingerprint density at radius 1 is 0.950 bits per heavy atom. The first-order valence-corrected chi connectivity index (χ1v) is 11.5. The molecule has 0 bridgehead atoms. The summed E-state index contributed by atoms with van der Waals surface area (Å²) in [5.41, 5.74) is 5.52. The number of hydrogen-bond donors (Lipinski definition) is 5. The summed E-state index contributed by atoms with van der Waals surface area (Å²) >= 11 is 0. The summed E-state index contributed by atoms with van der Waals surface area (Å²) in [6.07, 6.45) is -5.95. The third kappa shape index (κ3) is 9.43. The largest absolute Gasteiger partial charge is 0.479 e. The van der Waals surface area contributed by atoms with E-state index in [0.29, 0.717) is 5.56 Å². The van der Waals surface area contributed by atoms with Gasteiger partial charge in [0.15, 0.2) is 29.1 Å². The molecule has 2 atom stereocenters. The van der Waals surface area contributed by atoms with E-state index in [0.717, 1.165) is 0 Å². The van der Waals surface area contributed by atoms with Gasteiger partial charge in [0.2, 0.25) is 17.5 Å². The van der Waals surface area contributed by atoms with Gasteiger partial charge < -0.3 is 26.4 Å². The van der Waals surface area contributed by atoms with Gasteiger partial charge in [-0.15, -0.1) is 0 Å². The molecule has 2 amide bonds. The summed E-state index contributed by atoms with van der Waals surface area (Å²) in [6, 6.07) is 4.18. The van der Waals surface area contributed by atoms with E-state index in [4.69, 9.17) is 11.1 Å². The Morgan fingerprint density at radius 2 is 1.55 bits per heavy atom. The van der Waals surface area contributed by atoms with Gasteiger partial charge >= 0.3 is 12.1 Å². The molecule has 2 rings (SSSR count). The van der Waals surface area contributed by atoms with Crippen molar-refractivity contribution >= 4 is 23.6 Å². The average molecular weight is 579 g/mol. The number of amides is 2. The molecule has 0 aliphatic rings. The second kappa shape index (κ2) is 14.1. The van der Waals surface area contributed by atoms with Crippen molar-refractivity contribution in [2.24, 2.45) is 5.73 Å². The van der Waals surface area contributed by atoms with Crippen LogP contribution in [-0.2, 0) is 20.8 Å². The molecule has 0 radical (unpaired) electrons. The summed E-state index contributed by atoms with van der Waals surface area (Å²) in [5.74, 6) is -14.1. The molecule has 0 aliphatic carbocycles. The fraction of sp³-hybridized carbons (Fsp3) is 0.333. The van der Waals surface area contributed by atoms with Crippen molar-refractivity contribution in [1.82, 2.24) is 16.0 Å². The highest BCUT2D eigenvalue weighted by atomic mass is 19.4. The number of carbonyl (C=O) groups is 3. The van der Waals surface area contributed by atoms with Crippen LogP contribution in [0, 0.1) is 28.7 Å². The monoisotopic (exact) mass is 579 g/mol. The highest BCUT2D eigenvalue weighted by molar-refractivity contribution is 5.94. The van der Waals surface area contributed by atoms with Gasteiger partial charge in [-0.3, -0.25) is 19.8 Å². The summed E-state index contributed by atoms with van der Waals surface area (Å²) in [4.78, 5) is 37.3. The van der Waals surface area contributed by atoms with Crippen LogP contribution >= 0.6 is 0 Å². The second-order valence-electron chi connectivity index (χ2n) is 8.31. The number of nitrogens with two attached hydrogens (primary N) is 1. The fourth-order valence-electron chi connectivity index (χ4n) is 3.34. The molecule has 0 heterocycles. The first-order valence-electron chi connectivity index (χ1n) is 11.5. The Balaban J connectivity index is 2.25. The number of rotatable bonds is 13. The van der Waals surface area contributed by atoms with E-state index in [1.54, 1.807) is 11.4 Å². The predicted molar refractivity (Wildman–Crippen MR) is 126 cm³/mol. The smallest absolute Gasteiger partial charge is 0.471 e. The van der Waals surface area contributed by atoms with Crippen LogP contribution in [0.5, 0.6) is 5.75 Å². The van der Waals surface area contributed by atoms with Crippen LogP contribution in [0.1, 0.15) is 18.4 Å². The number of guanidine groups is 1. The summed E-state index contributed by atoms with van der Waals surface area (Å²) in [6.45, 7) is -1.20. The standard InChI is InChI=1S/C24H24F7N5O4/c25-13-10-14(26)19(28)20(18(13)27)40-11-17(37)15(7-4-8-34-23(32)33)35-21(38)16(36-22(39)24(29,30)31)9-12-5-2-1-3-6-12/h1-3,5-6,10,15-16H,4,7-9,11H2,(H,35,38)(H,36,39)(H4,32,33,34)/t15-,16?/m0/s1. The van der Waals surface area contributed by atoms with Gasteiger partial charge in [-0.2, -0.15) is 22.0 Å². The van der Waals surface area contributed by atoms with Crippen molar-refractivity contribution in [1.29, 1.82) is 5.41 Å². The van der Waals surface area contributed by atoms with E-state index < -0.39 is 83.9 Å². The minimum absolute atomic E-state index is 0.00641. The van der Waals surface area contributed by atoms with Gasteiger partial charge in [0, 0.05) is 19.0 Å². The van der Waals surface area contributed by atoms with E-state index in [-0.39, 0.29) is 25.5 Å². The maximum Gasteiger partial charge on any atom is 0.471 e. The van der Waals surface area contributed by atoms with Crippen LogP contribution < -0.4 is 26.4 Å². The molecule has 0 aliphatic heterocycles. The third-order valence-electron chi connectivity index (χ3n) is 5.28. The van der Waals surface area contributed by atoms with Crippen molar-refractivity contribution in [3.05, 3.63) is 65.2 Å². The first kappa shape index (κ1) is 31.8. The van der Waals surface area contributed by atoms with Gasteiger partial charge in [-0.25, -0.2) is 8.78 Å². The van der Waals surface area contributed by atoms with Crippen molar-refractivity contribution in [3.8, 4) is 5.75 Å². The molecule has 2 aromatic rings. The molecule has 0 spiro atoms. The molecule has 9 nitrogen and oxygen atoms in total. The molecule has 0 aromatic heterocycles. The van der Waals surface area contributed by atoms with Crippen LogP contribution in [0.3, 0.4) is 0 Å². The molecular weight excluding hydrogens is 555 g/mol. The Labute approximate surface area is 222 Å². The van der Waals surface area contributed by atoms with E-state index in [1.807, 2.05) is 0 Å². The number of nitrogens with one attached hydrogen (secondary N) is 4. The summed E-state index contributed by atoms with van der Waals surface area (Å²) in [7, 11) is 0. The van der Waals surface area contributed by atoms with Gasteiger partial charge in [-0.1, -0.05) is 30.3 Å². The van der Waals surface area contributed by atoms with Gasteiger partial charge in [0.25, 0.3) is 0 Å². The number of Topliss-reactive ketones (excluding diaryl/α,β-unsaturated/α-hetero) is 1. The molecule has 1 unspecified atom stereocenters. The van der Waals surface area contributed by atoms with Crippen LogP contribution in [0.15, 0.2) is 36.4 Å². The molecule has 40 heavy (non-hydrogen) atoms. The predicted octanol–water partition coefficient (Wildman–Crippen LogP) is 2.23. The lowest BCUT2D eigenvalue weighted by molar-refractivity contribution is -0.174. The Kier molecular flexibility index (Phi) is 11.3. The first-order chi connectivity index (χ1) is 18.7. The van der Waals surface area contributed by atoms with Crippen LogP contribution in [0.25, 0.3) is 0 Å². The Bertz CT molecular complexity index is 1200. The van der Waals surface area contributed by atoms with Crippen molar-refractivity contribution < 1.29 is 49.9 Å². The van der Waals surface area contributed by atoms with Gasteiger partial charge in [-0.05, 0) is 18.4 Å². The molecule has 0 fully saturated rings. The summed E-state index contributed by atoms with van der Waals surface area (Å²) in [5, 5.41) is 13.3. The van der Waals surface area contributed by atoms with Crippen molar-refractivity contribution in [2.45, 2.75) is 37.5 Å². The molecule has 0 saturated heterocycles. The minimum Gasteiger partial charge on any atom is -0.479 e. The van der Waals surface area contributed by atoms with Crippen LogP contribution in [0.4, 0.5) is 30.7 Å². The lowest BCUT2D eigenvalue weighted by atomic mass is 10.0. The molecule has 6 N–H and O–H groups in total. The number of benzene rings is 2. The number of ether oxygens (including phenoxy) is 1. The molecule has 218 valence electrons. The number of alkyl halides is 3. The van der Waals surface area contributed by atoms with Crippen LogP contribution in [-0.4, -0.2) is 55.0 Å². The maximum atomic E-state index is 13.9. The van der Waals surface area contributed by atoms with Gasteiger partial charge in [0.1, 0.15) is 12.6 Å². The number of hydrogen-bond acceptors (Lipinski definition) is 5. The van der Waals surface area contributed by atoms with Gasteiger partial charge in [0.05, 0.1) is 6.04 Å². The normalized spacial score (nSPS) is 12.7. The SMILES string of the molecule is N=C(N)NCCC[C@H](NC(=O)C(Cc1ccccc1)NC(=O)C(F)(F)F)C(=O)COc1c(F)c(F)cc(F)c1F. The van der Waals surface area contributed by atoms with E-state index in [1.165, 1.54) is 24.3 Å². The van der Waals surface area contributed by atoms with Crippen LogP contribution in [0.2, 0.25) is 0 Å². The maximum absolute atomic E-state index is 13.9. The van der Waals surface area contributed by atoms with E-state index in [2.05, 4.69) is 15.4 Å². The molecule has 16 heteroatoms. The fourth-order valence-corrected chi connectivity index (χ4v) is 3.34. The molecule has 2 aromatic carbocycles. The Morgan fingerprint density at radius 3 is 2.10 bits per heavy atom. The highest BCUT2D eigenvalue weighted by Gasteiger charge is 2.41. The zero-order valence-corrected chi connectivity index (χ0v) is 20.5. The topological polar surface area (TPSA) is 146 Å². The second-order valence-corrected chi connectivity index (χ2v) is 8.31. The van der Waals surface area contributed by atoms with Crippen molar-refractivity contribution in [3.63, 3.8) is 0 Å². The number of ketones is 1. The van der Waals surface area contributed by atoms with E-state index >= 15 is 0 Å². The van der Waals surface area contributed by atoms with Crippen molar-refractivity contribution in [2.75, 3.05) is 13.2 Å². The number of carbonyl (C=O) groups excluding carboxylic acids is 3. The average Bonchev–Trinajstić information content (AvgIpc) is 2.88. The lowest BCUT2D eigenvalue weighted by Crippen LogP contribution is -2.55. The third-order valence-corrected chi connectivity index (χ3v) is 5.28. The molecular formula is C24H24F7N5O4. The zero-order valence-electron chi connectivity index (χ0n) is 20.5. The highest BCUT2D eigenvalue weighted by Crippen LogP contribution is 2.26. The van der Waals surface area contributed by atoms with E-state index in [9.17, 15) is 45.1 Å². The summed E-state index contributed by atoms with van der Waals surface area (Å²) < 4.78 is 98.0. The minimum atomic E-state index is -5.33. The quantitative estimate of drug-likeness (QED) is 0.0809. The molecule has 0 saturated carbocycles. The zero-order chi connectivity index (χ0) is 30.0. The Hall–Kier alpha value is -4.37. The lowest BCUT2D eigenvalue weighted by Gasteiger charge is -2.24. The number of halogens is 7.